The Balaban J connectivity index is 0.00000729. The fourth-order valence-electron chi connectivity index (χ4n) is 3.64. The zero-order chi connectivity index (χ0) is 19.9. The molecule has 0 aromatic heterocycles. The molecule has 1 saturated heterocycles. The predicted octanol–water partition coefficient (Wildman–Crippen LogP) is 3.36. The Bertz CT molecular complexity index is 387. The van der Waals surface area contributed by atoms with E-state index >= 15 is 0 Å². The fraction of sp³-hybridized carbons (Fsp3) is 0.952. The molecule has 6 nitrogen and oxygen atoms in total. The van der Waals surface area contributed by atoms with E-state index in [9.17, 15) is 0 Å². The third-order valence-electron chi connectivity index (χ3n) is 5.49. The van der Waals surface area contributed by atoms with E-state index < -0.39 is 0 Å². The molecule has 28 heavy (non-hydrogen) atoms. The number of ether oxygens (including phenoxy) is 2. The summed E-state index contributed by atoms with van der Waals surface area (Å²) >= 11 is 0. The van der Waals surface area contributed by atoms with Crippen LogP contribution in [0.5, 0.6) is 0 Å². The summed E-state index contributed by atoms with van der Waals surface area (Å²) in [4.78, 5) is 7.16. The van der Waals surface area contributed by atoms with Gasteiger partial charge >= 0.3 is 0 Å². The minimum absolute atomic E-state index is 0. The summed E-state index contributed by atoms with van der Waals surface area (Å²) < 4.78 is 11.2. The number of guanidine groups is 1. The maximum atomic E-state index is 5.84. The Hall–Kier alpha value is -0.120. The van der Waals surface area contributed by atoms with Crippen molar-refractivity contribution in [1.82, 2.24) is 15.5 Å². The number of hydrogen-bond acceptors (Lipinski definition) is 4. The van der Waals surface area contributed by atoms with Gasteiger partial charge in [0, 0.05) is 45.6 Å². The lowest BCUT2D eigenvalue weighted by molar-refractivity contribution is 0.0203. The van der Waals surface area contributed by atoms with E-state index in [1.807, 2.05) is 0 Å². The van der Waals surface area contributed by atoms with Crippen molar-refractivity contribution in [3.8, 4) is 0 Å². The van der Waals surface area contributed by atoms with Gasteiger partial charge in [-0.3, -0.25) is 4.99 Å². The third-order valence-corrected chi connectivity index (χ3v) is 5.49. The van der Waals surface area contributed by atoms with Crippen LogP contribution in [0.1, 0.15) is 52.9 Å². The molecule has 1 aliphatic heterocycles. The van der Waals surface area contributed by atoms with Crippen LogP contribution < -0.4 is 10.6 Å². The summed E-state index contributed by atoms with van der Waals surface area (Å²) in [6.45, 7) is 12.7. The van der Waals surface area contributed by atoms with E-state index in [0.717, 1.165) is 71.3 Å². The molecule has 1 rings (SSSR count). The molecule has 1 unspecified atom stereocenters. The summed E-state index contributed by atoms with van der Waals surface area (Å²) in [5.74, 6) is 2.28. The van der Waals surface area contributed by atoms with Crippen molar-refractivity contribution in [2.45, 2.75) is 58.9 Å². The van der Waals surface area contributed by atoms with Crippen molar-refractivity contribution in [2.24, 2.45) is 16.8 Å². The van der Waals surface area contributed by atoms with Crippen LogP contribution in [-0.2, 0) is 9.47 Å². The number of nitrogens with zero attached hydrogens (tertiary/aromatic N) is 2. The maximum Gasteiger partial charge on any atom is 0.191 e. The highest BCUT2D eigenvalue weighted by molar-refractivity contribution is 14.0. The SMILES string of the molecule is CCNC(=NCC(C(CC)CC)N(C)C)NCCCOCC1CCOCC1.I. The molecule has 0 saturated carbocycles. The maximum absolute atomic E-state index is 5.84. The molecule has 0 bridgehead atoms. The van der Waals surface area contributed by atoms with Gasteiger partial charge in [-0.15, -0.1) is 24.0 Å². The first-order valence-corrected chi connectivity index (χ1v) is 11.0. The first-order valence-electron chi connectivity index (χ1n) is 11.0. The number of hydrogen-bond donors (Lipinski definition) is 2. The standard InChI is InChI=1S/C21H44N4O2.HI/c1-6-19(7-2)20(25(4)5)16-24-21(22-8-3)23-12-9-13-27-17-18-10-14-26-15-11-18;/h18-20H,6-17H2,1-5H3,(H2,22,23,24);1H. The van der Waals surface area contributed by atoms with Crippen LogP contribution in [0.2, 0.25) is 0 Å². The molecular formula is C21H45IN4O2. The van der Waals surface area contributed by atoms with Gasteiger partial charge in [0.25, 0.3) is 0 Å². The van der Waals surface area contributed by atoms with Crippen LogP contribution in [0.25, 0.3) is 0 Å². The monoisotopic (exact) mass is 512 g/mol. The Labute approximate surface area is 190 Å². The first kappa shape index (κ1) is 27.9. The second-order valence-corrected chi connectivity index (χ2v) is 7.74. The molecule has 0 spiro atoms. The minimum Gasteiger partial charge on any atom is -0.381 e. The molecule has 168 valence electrons. The molecule has 0 aliphatic carbocycles. The van der Waals surface area contributed by atoms with Crippen LogP contribution >= 0.6 is 24.0 Å². The lowest BCUT2D eigenvalue weighted by Crippen LogP contribution is -2.41. The van der Waals surface area contributed by atoms with E-state index in [-0.39, 0.29) is 24.0 Å². The summed E-state index contributed by atoms with van der Waals surface area (Å²) in [5.41, 5.74) is 0. The van der Waals surface area contributed by atoms with Crippen molar-refractivity contribution in [3.63, 3.8) is 0 Å². The van der Waals surface area contributed by atoms with E-state index in [1.54, 1.807) is 0 Å². The number of likely N-dealkylation sites (N-methyl/N-ethyl adjacent to an activating group) is 1. The van der Waals surface area contributed by atoms with Gasteiger partial charge in [-0.1, -0.05) is 26.7 Å². The summed E-state index contributed by atoms with van der Waals surface area (Å²) in [7, 11) is 4.32. The second-order valence-electron chi connectivity index (χ2n) is 7.74. The van der Waals surface area contributed by atoms with Gasteiger partial charge in [0.1, 0.15) is 0 Å². The molecule has 1 aliphatic rings. The van der Waals surface area contributed by atoms with Crippen LogP contribution in [0.4, 0.5) is 0 Å². The topological polar surface area (TPSA) is 58.1 Å². The normalized spacial score (nSPS) is 16.9. The van der Waals surface area contributed by atoms with E-state index in [1.165, 1.54) is 12.8 Å². The highest BCUT2D eigenvalue weighted by atomic mass is 127. The molecule has 2 N–H and O–H groups in total. The zero-order valence-electron chi connectivity index (χ0n) is 18.8. The minimum atomic E-state index is 0. The van der Waals surface area contributed by atoms with Gasteiger partial charge in [-0.2, -0.15) is 0 Å². The molecule has 0 radical (unpaired) electrons. The summed E-state index contributed by atoms with van der Waals surface area (Å²) in [6.07, 6.45) is 5.67. The zero-order valence-corrected chi connectivity index (χ0v) is 21.2. The van der Waals surface area contributed by atoms with Crippen molar-refractivity contribution in [3.05, 3.63) is 0 Å². The Kier molecular flexibility index (Phi) is 17.6. The van der Waals surface area contributed by atoms with Crippen molar-refractivity contribution >= 4 is 29.9 Å². The average Bonchev–Trinajstić information content (AvgIpc) is 2.68. The highest BCUT2D eigenvalue weighted by Gasteiger charge is 2.20. The highest BCUT2D eigenvalue weighted by Crippen LogP contribution is 2.17. The molecule has 1 fully saturated rings. The van der Waals surface area contributed by atoms with Crippen LogP contribution in [0.15, 0.2) is 4.99 Å². The van der Waals surface area contributed by atoms with Gasteiger partial charge in [0.15, 0.2) is 5.96 Å². The number of halogens is 1. The van der Waals surface area contributed by atoms with Crippen LogP contribution in [0, 0.1) is 11.8 Å². The molecular weight excluding hydrogens is 467 g/mol. The van der Waals surface area contributed by atoms with Gasteiger partial charge in [0.2, 0.25) is 0 Å². The Morgan fingerprint density at radius 1 is 1.14 bits per heavy atom. The number of aliphatic imine (C=N–C) groups is 1. The largest absolute Gasteiger partial charge is 0.381 e. The van der Waals surface area contributed by atoms with Gasteiger partial charge in [-0.25, -0.2) is 0 Å². The summed E-state index contributed by atoms with van der Waals surface area (Å²) in [6, 6.07) is 0.485. The van der Waals surface area contributed by atoms with Gasteiger partial charge in [-0.05, 0) is 52.1 Å². The van der Waals surface area contributed by atoms with Crippen LogP contribution in [-0.4, -0.2) is 77.1 Å². The second kappa shape index (κ2) is 17.7. The van der Waals surface area contributed by atoms with Gasteiger partial charge < -0.3 is 25.0 Å². The molecule has 7 heteroatoms. The molecule has 1 heterocycles. The Morgan fingerprint density at radius 2 is 1.82 bits per heavy atom. The Morgan fingerprint density at radius 3 is 2.39 bits per heavy atom. The molecule has 1 atom stereocenters. The molecule has 0 aromatic carbocycles. The predicted molar refractivity (Wildman–Crippen MR) is 130 cm³/mol. The molecule has 0 amide bonds. The van der Waals surface area contributed by atoms with Gasteiger partial charge in [0.05, 0.1) is 6.54 Å². The van der Waals surface area contributed by atoms with Crippen molar-refractivity contribution in [1.29, 1.82) is 0 Å². The van der Waals surface area contributed by atoms with Crippen LogP contribution in [0.3, 0.4) is 0 Å². The lowest BCUT2D eigenvalue weighted by Gasteiger charge is -2.30. The first-order chi connectivity index (χ1) is 13.1. The smallest absolute Gasteiger partial charge is 0.191 e. The van der Waals surface area contributed by atoms with Crippen molar-refractivity contribution < 1.29 is 9.47 Å². The van der Waals surface area contributed by atoms with E-state index in [2.05, 4.69) is 50.4 Å². The quantitative estimate of drug-likeness (QED) is 0.172. The fourth-order valence-corrected chi connectivity index (χ4v) is 3.64. The average molecular weight is 513 g/mol. The number of rotatable bonds is 13. The van der Waals surface area contributed by atoms with Crippen molar-refractivity contribution in [2.75, 3.05) is 60.2 Å². The third kappa shape index (κ3) is 11.8. The molecule has 0 aromatic rings. The van der Waals surface area contributed by atoms with E-state index in [0.29, 0.717) is 17.9 Å². The lowest BCUT2D eigenvalue weighted by atomic mass is 9.93. The van der Waals surface area contributed by atoms with E-state index in [4.69, 9.17) is 14.5 Å². The number of nitrogens with one attached hydrogen (secondary N) is 2. The summed E-state index contributed by atoms with van der Waals surface area (Å²) in [5, 5.41) is 6.81.